The molecule has 0 bridgehead atoms. The van der Waals surface area contributed by atoms with E-state index in [0.29, 0.717) is 16.3 Å². The Hall–Kier alpha value is -2.00. The molecule has 20 heavy (non-hydrogen) atoms. The normalized spacial score (nSPS) is 11.9. The number of halogens is 1. The molecule has 1 atom stereocenters. The smallest absolute Gasteiger partial charge is 0.252 e. The minimum absolute atomic E-state index is 0.151. The van der Waals surface area contributed by atoms with Crippen LogP contribution >= 0.6 is 11.6 Å². The maximum absolute atomic E-state index is 12.3. The Labute approximate surface area is 123 Å². The average Bonchev–Trinajstić information content (AvgIpc) is 2.42. The van der Waals surface area contributed by atoms with E-state index in [0.717, 1.165) is 11.1 Å². The van der Waals surface area contributed by atoms with Crippen LogP contribution in [0.1, 0.15) is 34.5 Å². The average molecular weight is 289 g/mol. The van der Waals surface area contributed by atoms with Crippen molar-refractivity contribution in [1.29, 1.82) is 0 Å². The van der Waals surface area contributed by atoms with Gasteiger partial charge in [0.25, 0.3) is 5.91 Å². The molecule has 104 valence electrons. The van der Waals surface area contributed by atoms with Gasteiger partial charge in [0, 0.05) is 16.3 Å². The van der Waals surface area contributed by atoms with Gasteiger partial charge in [-0.15, -0.1) is 0 Å². The number of carbonyl (C=O) groups excluding carboxylic acids is 1. The number of nitrogen functional groups attached to an aromatic ring is 1. The predicted molar refractivity (Wildman–Crippen MR) is 82.9 cm³/mol. The highest BCUT2D eigenvalue weighted by atomic mass is 35.5. The number of hydrogen-bond donors (Lipinski definition) is 2. The number of carbonyl (C=O) groups is 1. The summed E-state index contributed by atoms with van der Waals surface area (Å²) < 4.78 is 0. The Balaban J connectivity index is 2.20. The summed E-state index contributed by atoms with van der Waals surface area (Å²) in [7, 11) is 0. The van der Waals surface area contributed by atoms with Gasteiger partial charge in [0.1, 0.15) is 0 Å². The lowest BCUT2D eigenvalue weighted by molar-refractivity contribution is 0.0939. The highest BCUT2D eigenvalue weighted by molar-refractivity contribution is 6.31. The Morgan fingerprint density at radius 1 is 1.20 bits per heavy atom. The van der Waals surface area contributed by atoms with Crippen LogP contribution in [0.15, 0.2) is 42.5 Å². The number of hydrogen-bond acceptors (Lipinski definition) is 2. The van der Waals surface area contributed by atoms with Crippen LogP contribution in [0.4, 0.5) is 5.69 Å². The molecule has 0 aliphatic rings. The van der Waals surface area contributed by atoms with Gasteiger partial charge in [0.15, 0.2) is 0 Å². The fourth-order valence-corrected chi connectivity index (χ4v) is 2.38. The van der Waals surface area contributed by atoms with Gasteiger partial charge >= 0.3 is 0 Å². The van der Waals surface area contributed by atoms with Crippen LogP contribution in [0, 0.1) is 6.92 Å². The second-order valence-electron chi connectivity index (χ2n) is 4.74. The van der Waals surface area contributed by atoms with E-state index >= 15 is 0 Å². The zero-order chi connectivity index (χ0) is 14.7. The molecule has 3 N–H and O–H groups in total. The molecular formula is C16H17ClN2O. The number of anilines is 1. The minimum atomic E-state index is -0.169. The lowest BCUT2D eigenvalue weighted by Gasteiger charge is -2.17. The molecule has 0 aliphatic heterocycles. The van der Waals surface area contributed by atoms with Gasteiger partial charge in [-0.3, -0.25) is 4.79 Å². The van der Waals surface area contributed by atoms with Crippen molar-refractivity contribution in [2.45, 2.75) is 19.9 Å². The molecule has 0 spiro atoms. The Bertz CT molecular complexity index is 640. The van der Waals surface area contributed by atoms with Crippen molar-refractivity contribution in [2.24, 2.45) is 0 Å². The lowest BCUT2D eigenvalue weighted by Crippen LogP contribution is -2.27. The summed E-state index contributed by atoms with van der Waals surface area (Å²) in [5.41, 5.74) is 8.71. The van der Waals surface area contributed by atoms with Crippen LogP contribution in [0.25, 0.3) is 0 Å². The van der Waals surface area contributed by atoms with Crippen LogP contribution in [-0.2, 0) is 0 Å². The van der Waals surface area contributed by atoms with E-state index < -0.39 is 0 Å². The highest BCUT2D eigenvalue weighted by Gasteiger charge is 2.15. The largest absolute Gasteiger partial charge is 0.398 e. The third-order valence-electron chi connectivity index (χ3n) is 3.34. The number of benzene rings is 2. The van der Waals surface area contributed by atoms with E-state index in [-0.39, 0.29) is 11.9 Å². The van der Waals surface area contributed by atoms with Gasteiger partial charge in [-0.2, -0.15) is 0 Å². The van der Waals surface area contributed by atoms with Crippen LogP contribution in [0.5, 0.6) is 0 Å². The molecule has 2 rings (SSSR count). The van der Waals surface area contributed by atoms with Crippen molar-refractivity contribution in [2.75, 3.05) is 5.73 Å². The molecule has 0 aliphatic carbocycles. The molecule has 0 unspecified atom stereocenters. The maximum Gasteiger partial charge on any atom is 0.252 e. The molecule has 3 nitrogen and oxygen atoms in total. The molecule has 2 aromatic carbocycles. The van der Waals surface area contributed by atoms with Crippen molar-refractivity contribution >= 4 is 23.2 Å². The van der Waals surface area contributed by atoms with Gasteiger partial charge < -0.3 is 11.1 Å². The first-order valence-corrected chi connectivity index (χ1v) is 6.79. The fraction of sp³-hybridized carbons (Fsp3) is 0.188. The van der Waals surface area contributed by atoms with E-state index in [1.54, 1.807) is 18.2 Å². The Kier molecular flexibility index (Phi) is 4.30. The highest BCUT2D eigenvalue weighted by Crippen LogP contribution is 2.23. The predicted octanol–water partition coefficient (Wildman–Crippen LogP) is 3.72. The zero-order valence-electron chi connectivity index (χ0n) is 11.5. The topological polar surface area (TPSA) is 55.1 Å². The standard InChI is InChI=1S/C16H17ClN2O/c1-10-12(7-5-9-15(10)18)16(20)19-11(2)13-6-3-4-8-14(13)17/h3-9,11H,18H2,1-2H3,(H,19,20)/t11-/m1/s1. The Morgan fingerprint density at radius 2 is 1.90 bits per heavy atom. The molecule has 0 saturated carbocycles. The van der Waals surface area contributed by atoms with Crippen molar-refractivity contribution < 1.29 is 4.79 Å². The van der Waals surface area contributed by atoms with Crippen molar-refractivity contribution in [3.63, 3.8) is 0 Å². The van der Waals surface area contributed by atoms with Crippen molar-refractivity contribution in [3.05, 3.63) is 64.2 Å². The molecule has 0 aromatic heterocycles. The molecule has 2 aromatic rings. The number of nitrogens with two attached hydrogens (primary N) is 1. The molecule has 0 saturated heterocycles. The van der Waals surface area contributed by atoms with Crippen LogP contribution in [0.3, 0.4) is 0 Å². The monoisotopic (exact) mass is 288 g/mol. The summed E-state index contributed by atoms with van der Waals surface area (Å²) in [5.74, 6) is -0.151. The van der Waals surface area contributed by atoms with E-state index in [1.807, 2.05) is 38.1 Å². The summed E-state index contributed by atoms with van der Waals surface area (Å²) in [6, 6.07) is 12.6. The SMILES string of the molecule is Cc1c(N)cccc1C(=O)N[C@H](C)c1ccccc1Cl. The van der Waals surface area contributed by atoms with E-state index in [4.69, 9.17) is 17.3 Å². The van der Waals surface area contributed by atoms with E-state index in [2.05, 4.69) is 5.32 Å². The second kappa shape index (κ2) is 5.97. The molecule has 0 heterocycles. The summed E-state index contributed by atoms with van der Waals surface area (Å²) >= 11 is 6.13. The first-order valence-electron chi connectivity index (χ1n) is 6.41. The summed E-state index contributed by atoms with van der Waals surface area (Å²) in [4.78, 5) is 12.3. The third kappa shape index (κ3) is 2.94. The van der Waals surface area contributed by atoms with Crippen LogP contribution < -0.4 is 11.1 Å². The molecular weight excluding hydrogens is 272 g/mol. The van der Waals surface area contributed by atoms with E-state index in [9.17, 15) is 4.79 Å². The number of rotatable bonds is 3. The first-order chi connectivity index (χ1) is 9.50. The van der Waals surface area contributed by atoms with Gasteiger partial charge in [-0.25, -0.2) is 0 Å². The first kappa shape index (κ1) is 14.4. The third-order valence-corrected chi connectivity index (χ3v) is 3.68. The van der Waals surface area contributed by atoms with Crippen molar-refractivity contribution in [3.8, 4) is 0 Å². The molecule has 0 fully saturated rings. The molecule has 0 radical (unpaired) electrons. The summed E-state index contributed by atoms with van der Waals surface area (Å²) in [6.45, 7) is 3.74. The van der Waals surface area contributed by atoms with Gasteiger partial charge in [-0.1, -0.05) is 35.9 Å². The summed E-state index contributed by atoms with van der Waals surface area (Å²) in [6.07, 6.45) is 0. The molecule has 1 amide bonds. The van der Waals surface area contributed by atoms with Gasteiger partial charge in [0.2, 0.25) is 0 Å². The zero-order valence-corrected chi connectivity index (χ0v) is 12.2. The Morgan fingerprint density at radius 3 is 2.60 bits per heavy atom. The summed E-state index contributed by atoms with van der Waals surface area (Å²) in [5, 5.41) is 3.59. The number of amides is 1. The van der Waals surface area contributed by atoms with E-state index in [1.165, 1.54) is 0 Å². The van der Waals surface area contributed by atoms with Gasteiger partial charge in [-0.05, 0) is 43.2 Å². The number of nitrogens with one attached hydrogen (secondary N) is 1. The molecule has 4 heteroatoms. The minimum Gasteiger partial charge on any atom is -0.398 e. The second-order valence-corrected chi connectivity index (χ2v) is 5.14. The fourth-order valence-electron chi connectivity index (χ4n) is 2.08. The van der Waals surface area contributed by atoms with Crippen LogP contribution in [0.2, 0.25) is 5.02 Å². The maximum atomic E-state index is 12.3. The lowest BCUT2D eigenvalue weighted by atomic mass is 10.0. The van der Waals surface area contributed by atoms with Gasteiger partial charge in [0.05, 0.1) is 6.04 Å². The van der Waals surface area contributed by atoms with Crippen molar-refractivity contribution in [1.82, 2.24) is 5.32 Å². The van der Waals surface area contributed by atoms with Crippen LogP contribution in [-0.4, -0.2) is 5.91 Å². The quantitative estimate of drug-likeness (QED) is 0.846.